The molecule has 0 aliphatic heterocycles. The second kappa shape index (κ2) is 4.94. The monoisotopic (exact) mass is 267 g/mol. The Morgan fingerprint density at radius 3 is 2.80 bits per heavy atom. The number of hydrogen-bond donors (Lipinski definition) is 0. The number of ether oxygens (including phenoxy) is 1. The highest BCUT2D eigenvalue weighted by atomic mass is 79.9. The molecule has 0 saturated carbocycles. The van der Waals surface area contributed by atoms with Crippen molar-refractivity contribution in [2.75, 3.05) is 7.11 Å². The minimum atomic E-state index is -0.340. The van der Waals surface area contributed by atoms with Gasteiger partial charge in [-0.15, -0.1) is 0 Å². The molecule has 0 saturated heterocycles. The Labute approximate surface area is 96.8 Å². The molecule has 0 bridgehead atoms. The van der Waals surface area contributed by atoms with E-state index in [2.05, 4.69) is 26.7 Å². The molecule has 4 heteroatoms. The number of methoxy groups -OCH3 is 1. The van der Waals surface area contributed by atoms with E-state index in [0.29, 0.717) is 11.1 Å². The Bertz CT molecular complexity index is 435. The molecule has 78 valence electrons. The first kappa shape index (κ1) is 11.7. The van der Waals surface area contributed by atoms with Crippen LogP contribution in [0, 0.1) is 18.3 Å². The van der Waals surface area contributed by atoms with Crippen LogP contribution >= 0.6 is 15.9 Å². The van der Waals surface area contributed by atoms with E-state index < -0.39 is 0 Å². The van der Waals surface area contributed by atoms with Gasteiger partial charge in [-0.1, -0.05) is 22.0 Å². The number of hydrogen-bond acceptors (Lipinski definition) is 3. The lowest BCUT2D eigenvalue weighted by molar-refractivity contribution is -0.139. The van der Waals surface area contributed by atoms with Gasteiger partial charge in [0.15, 0.2) is 0 Å². The van der Waals surface area contributed by atoms with Gasteiger partial charge in [0.25, 0.3) is 0 Å². The molecule has 0 aliphatic carbocycles. The second-order valence-corrected chi connectivity index (χ2v) is 3.93. The number of carbonyl (C=O) groups is 1. The molecule has 0 heterocycles. The van der Waals surface area contributed by atoms with Crippen molar-refractivity contribution in [3.63, 3.8) is 0 Å². The maximum absolute atomic E-state index is 11.1. The van der Waals surface area contributed by atoms with Crippen LogP contribution in [-0.4, -0.2) is 13.1 Å². The minimum Gasteiger partial charge on any atom is -0.469 e. The average molecular weight is 268 g/mol. The predicted octanol–water partition coefficient (Wildman–Crippen LogP) is 2.34. The van der Waals surface area contributed by atoms with E-state index in [0.717, 1.165) is 10.0 Å². The molecule has 0 spiro atoms. The molecule has 0 amide bonds. The van der Waals surface area contributed by atoms with Gasteiger partial charge in [0.1, 0.15) is 0 Å². The van der Waals surface area contributed by atoms with Crippen LogP contribution in [0.4, 0.5) is 0 Å². The number of esters is 1. The van der Waals surface area contributed by atoms with E-state index in [1.54, 1.807) is 6.07 Å². The SMILES string of the molecule is COC(=O)Cc1ccc(Br)c(C)c1C#N. The molecular formula is C11H10BrNO2. The minimum absolute atomic E-state index is 0.132. The van der Waals surface area contributed by atoms with E-state index >= 15 is 0 Å². The second-order valence-electron chi connectivity index (χ2n) is 3.07. The summed E-state index contributed by atoms with van der Waals surface area (Å²) in [6.07, 6.45) is 0.132. The summed E-state index contributed by atoms with van der Waals surface area (Å²) in [5, 5.41) is 8.99. The third-order valence-electron chi connectivity index (χ3n) is 2.16. The third-order valence-corrected chi connectivity index (χ3v) is 3.02. The summed E-state index contributed by atoms with van der Waals surface area (Å²) in [5.74, 6) is -0.340. The van der Waals surface area contributed by atoms with E-state index in [1.807, 2.05) is 13.0 Å². The zero-order chi connectivity index (χ0) is 11.4. The summed E-state index contributed by atoms with van der Waals surface area (Å²) < 4.78 is 5.43. The Hall–Kier alpha value is -1.34. The predicted molar refractivity (Wildman–Crippen MR) is 59.3 cm³/mol. The van der Waals surface area contributed by atoms with Crippen LogP contribution in [-0.2, 0) is 16.0 Å². The molecule has 1 aromatic carbocycles. The van der Waals surface area contributed by atoms with Gasteiger partial charge in [-0.25, -0.2) is 0 Å². The summed E-state index contributed by atoms with van der Waals surface area (Å²) in [4.78, 5) is 11.1. The summed E-state index contributed by atoms with van der Waals surface area (Å²) >= 11 is 3.34. The van der Waals surface area contributed by atoms with Crippen LogP contribution in [0.15, 0.2) is 16.6 Å². The fourth-order valence-corrected chi connectivity index (χ4v) is 1.60. The van der Waals surface area contributed by atoms with Gasteiger partial charge >= 0.3 is 5.97 Å². The molecule has 0 aromatic heterocycles. The quantitative estimate of drug-likeness (QED) is 0.773. The summed E-state index contributed by atoms with van der Waals surface area (Å²) in [6, 6.07) is 5.68. The Morgan fingerprint density at radius 2 is 2.27 bits per heavy atom. The van der Waals surface area contributed by atoms with Crippen molar-refractivity contribution in [3.8, 4) is 6.07 Å². The molecule has 1 rings (SSSR count). The van der Waals surface area contributed by atoms with E-state index in [-0.39, 0.29) is 12.4 Å². The molecule has 1 aromatic rings. The van der Waals surface area contributed by atoms with Crippen LogP contribution in [0.25, 0.3) is 0 Å². The topological polar surface area (TPSA) is 50.1 Å². The van der Waals surface area contributed by atoms with Gasteiger partial charge in [-0.05, 0) is 24.1 Å². The number of benzene rings is 1. The Kier molecular flexibility index (Phi) is 3.87. The van der Waals surface area contributed by atoms with Crippen molar-refractivity contribution in [1.82, 2.24) is 0 Å². The van der Waals surface area contributed by atoms with Crippen LogP contribution in [0.3, 0.4) is 0 Å². The maximum Gasteiger partial charge on any atom is 0.310 e. The van der Waals surface area contributed by atoms with Crippen LogP contribution in [0.2, 0.25) is 0 Å². The molecule has 0 aliphatic rings. The van der Waals surface area contributed by atoms with E-state index in [1.165, 1.54) is 7.11 Å². The van der Waals surface area contributed by atoms with Crippen molar-refractivity contribution in [2.24, 2.45) is 0 Å². The van der Waals surface area contributed by atoms with Crippen molar-refractivity contribution < 1.29 is 9.53 Å². The Balaban J connectivity index is 3.15. The van der Waals surface area contributed by atoms with E-state index in [4.69, 9.17) is 5.26 Å². The van der Waals surface area contributed by atoms with Gasteiger partial charge < -0.3 is 4.74 Å². The fraction of sp³-hybridized carbons (Fsp3) is 0.273. The lowest BCUT2D eigenvalue weighted by Gasteiger charge is -2.07. The summed E-state index contributed by atoms with van der Waals surface area (Å²) in [7, 11) is 1.33. The van der Waals surface area contributed by atoms with Gasteiger partial charge in [0.05, 0.1) is 25.2 Å². The number of nitrogens with zero attached hydrogens (tertiary/aromatic N) is 1. The largest absolute Gasteiger partial charge is 0.469 e. The lowest BCUT2D eigenvalue weighted by atomic mass is 10.0. The molecule has 0 unspecified atom stereocenters. The van der Waals surface area contributed by atoms with E-state index in [9.17, 15) is 4.79 Å². The van der Waals surface area contributed by atoms with Gasteiger partial charge in [-0.3, -0.25) is 4.79 Å². The molecule has 0 N–H and O–H groups in total. The zero-order valence-corrected chi connectivity index (χ0v) is 10.1. The number of rotatable bonds is 2. The van der Waals surface area contributed by atoms with Gasteiger partial charge in [-0.2, -0.15) is 5.26 Å². The highest BCUT2D eigenvalue weighted by Gasteiger charge is 2.11. The first-order valence-corrected chi connectivity index (χ1v) is 5.14. The standard InChI is InChI=1S/C11H10BrNO2/c1-7-9(6-13)8(3-4-10(7)12)5-11(14)15-2/h3-4H,5H2,1-2H3. The number of carbonyl (C=O) groups excluding carboxylic acids is 1. The maximum atomic E-state index is 11.1. The fourth-order valence-electron chi connectivity index (χ4n) is 1.27. The molecule has 0 fully saturated rings. The zero-order valence-electron chi connectivity index (χ0n) is 8.50. The highest BCUT2D eigenvalue weighted by Crippen LogP contribution is 2.23. The van der Waals surface area contributed by atoms with Crippen LogP contribution in [0.1, 0.15) is 16.7 Å². The molecular weight excluding hydrogens is 258 g/mol. The summed E-state index contributed by atoms with van der Waals surface area (Å²) in [6.45, 7) is 1.84. The average Bonchev–Trinajstić information content (AvgIpc) is 2.24. The molecule has 3 nitrogen and oxygen atoms in total. The third kappa shape index (κ3) is 2.57. The molecule has 0 atom stereocenters. The van der Waals surface area contributed by atoms with Crippen molar-refractivity contribution >= 4 is 21.9 Å². The van der Waals surface area contributed by atoms with Crippen molar-refractivity contribution in [2.45, 2.75) is 13.3 Å². The normalized spacial score (nSPS) is 9.47. The van der Waals surface area contributed by atoms with Crippen LogP contribution < -0.4 is 0 Å². The van der Waals surface area contributed by atoms with Crippen LogP contribution in [0.5, 0.6) is 0 Å². The first-order chi connectivity index (χ1) is 7.10. The number of nitriles is 1. The molecule has 0 radical (unpaired) electrons. The smallest absolute Gasteiger partial charge is 0.310 e. The van der Waals surface area contributed by atoms with Crippen molar-refractivity contribution in [1.29, 1.82) is 5.26 Å². The van der Waals surface area contributed by atoms with Gasteiger partial charge in [0.2, 0.25) is 0 Å². The highest BCUT2D eigenvalue weighted by molar-refractivity contribution is 9.10. The lowest BCUT2D eigenvalue weighted by Crippen LogP contribution is -2.06. The Morgan fingerprint density at radius 1 is 1.60 bits per heavy atom. The first-order valence-electron chi connectivity index (χ1n) is 4.35. The number of halogens is 1. The summed E-state index contributed by atoms with van der Waals surface area (Å²) in [5.41, 5.74) is 2.08. The van der Waals surface area contributed by atoms with Gasteiger partial charge in [0, 0.05) is 4.47 Å². The van der Waals surface area contributed by atoms with Crippen molar-refractivity contribution in [3.05, 3.63) is 33.3 Å². The molecule has 15 heavy (non-hydrogen) atoms.